The molecule has 4 aromatic rings. The van der Waals surface area contributed by atoms with E-state index in [-0.39, 0.29) is 11.5 Å². The van der Waals surface area contributed by atoms with Gasteiger partial charge in [-0.3, -0.25) is 4.98 Å². The van der Waals surface area contributed by atoms with E-state index in [4.69, 9.17) is 30.5 Å². The predicted octanol–water partition coefficient (Wildman–Crippen LogP) is 8.73. The van der Waals surface area contributed by atoms with Gasteiger partial charge in [-0.1, -0.05) is 37.6 Å². The van der Waals surface area contributed by atoms with Gasteiger partial charge >= 0.3 is 0 Å². The Morgan fingerprint density at radius 3 is 2.06 bits per heavy atom. The van der Waals surface area contributed by atoms with Crippen molar-refractivity contribution in [1.82, 2.24) is 14.8 Å². The molecule has 3 aromatic carbocycles. The van der Waals surface area contributed by atoms with Crippen LogP contribution in [0.25, 0.3) is 10.9 Å². The average molecular weight is 732 g/mol. The third kappa shape index (κ3) is 10.9. The minimum Gasteiger partial charge on any atom is -0.493 e. The van der Waals surface area contributed by atoms with Crippen molar-refractivity contribution in [1.29, 1.82) is 5.26 Å². The van der Waals surface area contributed by atoms with E-state index in [2.05, 4.69) is 81.1 Å². The topological polar surface area (TPSA) is 92.1 Å². The van der Waals surface area contributed by atoms with Crippen LogP contribution in [0.2, 0.25) is 5.02 Å². The van der Waals surface area contributed by atoms with E-state index >= 15 is 0 Å². The number of rotatable bonds is 17. The maximum atomic E-state index is 10.2. The molecule has 1 atom stereocenters. The van der Waals surface area contributed by atoms with Crippen LogP contribution in [0, 0.1) is 17.2 Å². The monoisotopic (exact) mass is 731 g/mol. The summed E-state index contributed by atoms with van der Waals surface area (Å²) in [7, 11) is 12.8. The number of anilines is 1. The first-order valence-electron chi connectivity index (χ1n) is 17.7. The summed E-state index contributed by atoms with van der Waals surface area (Å²) in [4.78, 5) is 8.87. The molecule has 9 nitrogen and oxygen atoms in total. The second-order valence-electron chi connectivity index (χ2n) is 14.2. The molecule has 1 N–H and O–H groups in total. The number of fused-ring (bicyclic) bond motifs is 1. The fraction of sp³-hybridized carbons (Fsp3) is 0.476. The number of aromatic nitrogens is 1. The number of pyridine rings is 1. The van der Waals surface area contributed by atoms with Crippen LogP contribution >= 0.6 is 11.6 Å². The number of halogens is 1. The highest BCUT2D eigenvalue weighted by atomic mass is 35.5. The van der Waals surface area contributed by atoms with Crippen molar-refractivity contribution >= 4 is 28.2 Å². The van der Waals surface area contributed by atoms with Gasteiger partial charge in [-0.15, -0.1) is 0 Å². The molecular formula is C42H58ClN5O4. The van der Waals surface area contributed by atoms with E-state index in [9.17, 15) is 5.26 Å². The van der Waals surface area contributed by atoms with E-state index in [0.29, 0.717) is 16.5 Å². The third-order valence-electron chi connectivity index (χ3n) is 10.1. The summed E-state index contributed by atoms with van der Waals surface area (Å²) >= 11 is 6.00. The average Bonchev–Trinajstić information content (AvgIpc) is 3.14. The first kappa shape index (κ1) is 42.2. The molecule has 0 aliphatic heterocycles. The van der Waals surface area contributed by atoms with Gasteiger partial charge in [0.05, 0.1) is 45.4 Å². The number of hydrogen-bond acceptors (Lipinski definition) is 9. The van der Waals surface area contributed by atoms with Crippen molar-refractivity contribution in [3.05, 3.63) is 83.0 Å². The minimum absolute atomic E-state index is 0.0853. The van der Waals surface area contributed by atoms with Gasteiger partial charge in [0.1, 0.15) is 0 Å². The lowest BCUT2D eigenvalue weighted by atomic mass is 9.69. The number of hydrogen-bond donors (Lipinski definition) is 1. The summed E-state index contributed by atoms with van der Waals surface area (Å²) in [6, 6.07) is 22.3. The number of ether oxygens (including phenoxy) is 4. The number of benzene rings is 3. The summed E-state index contributed by atoms with van der Waals surface area (Å²) in [5.41, 5.74) is 3.70. The van der Waals surface area contributed by atoms with Crippen LogP contribution in [0.1, 0.15) is 51.7 Å². The molecule has 282 valence electrons. The quantitative estimate of drug-likeness (QED) is 0.114. The van der Waals surface area contributed by atoms with Crippen LogP contribution in [-0.4, -0.2) is 89.5 Å². The zero-order valence-electron chi connectivity index (χ0n) is 33.0. The van der Waals surface area contributed by atoms with Crippen LogP contribution in [0.4, 0.5) is 5.69 Å². The fourth-order valence-corrected chi connectivity index (χ4v) is 6.14. The Morgan fingerprint density at radius 2 is 1.46 bits per heavy atom. The molecule has 0 saturated carbocycles. The lowest BCUT2D eigenvalue weighted by Gasteiger charge is -2.33. The second kappa shape index (κ2) is 19.6. The van der Waals surface area contributed by atoms with E-state index in [0.717, 1.165) is 72.5 Å². The SMILES string of the molecule is CN(C)C(C)(C)CNc1ccnc2cc(Cl)ccc12.COc1ccc(CCN(C)CCCC(C#N)(c2ccc(OC)c(OC)c2)C(C)C)cc1OC. The maximum Gasteiger partial charge on any atom is 0.161 e. The van der Waals surface area contributed by atoms with Gasteiger partial charge in [-0.05, 0) is 126 Å². The standard InChI is InChI=1S/C27H38N2O4.C15H20ClN3/c1-20(2)27(19-28,22-10-12-24(31-5)26(18-22)33-7)14-8-15-29(3)16-13-21-9-11-23(30-4)25(17-21)32-6;1-15(2,19(3)4)10-18-13-7-8-17-14-9-11(16)5-6-12(13)14/h9-12,17-18,20H,8,13-16H2,1-7H3;5-9H,10H2,1-4H3,(H,17,18). The molecular weight excluding hydrogens is 674 g/mol. The normalized spacial score (nSPS) is 12.6. The number of methoxy groups -OCH3 is 4. The van der Waals surface area contributed by atoms with Gasteiger partial charge in [-0.25, -0.2) is 0 Å². The molecule has 0 fully saturated rings. The smallest absolute Gasteiger partial charge is 0.161 e. The zero-order chi connectivity index (χ0) is 38.5. The highest BCUT2D eigenvalue weighted by molar-refractivity contribution is 6.31. The summed E-state index contributed by atoms with van der Waals surface area (Å²) in [5.74, 6) is 2.99. The highest BCUT2D eigenvalue weighted by Gasteiger charge is 2.36. The largest absolute Gasteiger partial charge is 0.493 e. The van der Waals surface area contributed by atoms with Crippen molar-refractivity contribution in [2.45, 2.75) is 57.9 Å². The Labute approximate surface area is 316 Å². The second-order valence-corrected chi connectivity index (χ2v) is 14.7. The van der Waals surface area contributed by atoms with Gasteiger partial charge in [0, 0.05) is 40.9 Å². The summed E-state index contributed by atoms with van der Waals surface area (Å²) in [6.07, 6.45) is 4.42. The Bertz CT molecular complexity index is 1770. The van der Waals surface area contributed by atoms with Crippen molar-refractivity contribution < 1.29 is 18.9 Å². The number of nitrogens with one attached hydrogen (secondary N) is 1. The molecule has 0 aliphatic carbocycles. The minimum atomic E-state index is -0.580. The summed E-state index contributed by atoms with van der Waals surface area (Å²) in [5, 5.41) is 15.6. The van der Waals surface area contributed by atoms with Crippen molar-refractivity contribution in [3.8, 4) is 29.1 Å². The van der Waals surface area contributed by atoms with Crippen LogP contribution in [0.15, 0.2) is 66.9 Å². The van der Waals surface area contributed by atoms with Gasteiger partial charge < -0.3 is 34.1 Å². The van der Waals surface area contributed by atoms with E-state index in [1.54, 1.807) is 28.4 Å². The molecule has 0 spiro atoms. The molecule has 4 rings (SSSR count). The highest BCUT2D eigenvalue weighted by Crippen LogP contribution is 2.40. The number of likely N-dealkylation sites (N-methyl/N-ethyl adjacent to an activating group) is 2. The molecule has 1 heterocycles. The van der Waals surface area contributed by atoms with Gasteiger partial charge in [0.2, 0.25) is 0 Å². The van der Waals surface area contributed by atoms with Crippen LogP contribution in [0.5, 0.6) is 23.0 Å². The molecule has 10 heteroatoms. The first-order chi connectivity index (χ1) is 24.7. The summed E-state index contributed by atoms with van der Waals surface area (Å²) in [6.45, 7) is 11.3. The molecule has 52 heavy (non-hydrogen) atoms. The molecule has 1 unspecified atom stereocenters. The Morgan fingerprint density at radius 1 is 0.827 bits per heavy atom. The van der Waals surface area contributed by atoms with Crippen molar-refractivity contribution in [3.63, 3.8) is 0 Å². The Balaban J connectivity index is 0.000000323. The number of nitrogens with zero attached hydrogens (tertiary/aromatic N) is 4. The Kier molecular flexibility index (Phi) is 15.9. The van der Waals surface area contributed by atoms with Crippen molar-refractivity contribution in [2.24, 2.45) is 5.92 Å². The third-order valence-corrected chi connectivity index (χ3v) is 10.3. The molecule has 1 aromatic heterocycles. The van der Waals surface area contributed by atoms with Crippen LogP contribution < -0.4 is 24.3 Å². The summed E-state index contributed by atoms with van der Waals surface area (Å²) < 4.78 is 21.6. The van der Waals surface area contributed by atoms with Crippen molar-refractivity contribution in [2.75, 3.05) is 74.5 Å². The molecule has 0 aliphatic rings. The lowest BCUT2D eigenvalue weighted by Crippen LogP contribution is -2.44. The molecule has 0 saturated heterocycles. The van der Waals surface area contributed by atoms with E-state index in [1.165, 1.54) is 5.56 Å². The predicted molar refractivity (Wildman–Crippen MR) is 215 cm³/mol. The maximum absolute atomic E-state index is 10.2. The zero-order valence-corrected chi connectivity index (χ0v) is 33.7. The molecule has 0 bridgehead atoms. The van der Waals surface area contributed by atoms with E-state index in [1.807, 2.05) is 60.8 Å². The van der Waals surface area contributed by atoms with E-state index < -0.39 is 5.41 Å². The van der Waals surface area contributed by atoms with Gasteiger partial charge in [0.15, 0.2) is 23.0 Å². The first-order valence-corrected chi connectivity index (χ1v) is 18.1. The fourth-order valence-electron chi connectivity index (χ4n) is 5.97. The molecule has 0 amide bonds. The number of nitriles is 1. The van der Waals surface area contributed by atoms with Gasteiger partial charge in [0.25, 0.3) is 0 Å². The van der Waals surface area contributed by atoms with Crippen LogP contribution in [-0.2, 0) is 11.8 Å². The molecule has 0 radical (unpaired) electrons. The Hall–Kier alpha value is -4.23. The van der Waals surface area contributed by atoms with Crippen LogP contribution in [0.3, 0.4) is 0 Å². The van der Waals surface area contributed by atoms with Gasteiger partial charge in [-0.2, -0.15) is 5.26 Å². The lowest BCUT2D eigenvalue weighted by molar-refractivity contribution is 0.210.